The molecule has 0 aliphatic carbocycles. The lowest BCUT2D eigenvalue weighted by Gasteiger charge is -2.16. The first-order valence-corrected chi connectivity index (χ1v) is 6.13. The van der Waals surface area contributed by atoms with Gasteiger partial charge in [-0.15, -0.1) is 0 Å². The molecule has 0 aliphatic rings. The van der Waals surface area contributed by atoms with Gasteiger partial charge in [0.1, 0.15) is 0 Å². The molecule has 1 atom stereocenters. The molecule has 0 bridgehead atoms. The Labute approximate surface area is 112 Å². The van der Waals surface area contributed by atoms with Gasteiger partial charge in [0.15, 0.2) is 0 Å². The fraction of sp³-hybridized carbons (Fsp3) is 0.462. The van der Waals surface area contributed by atoms with Crippen LogP contribution in [0.15, 0.2) is 18.5 Å². The van der Waals surface area contributed by atoms with Gasteiger partial charge in [0, 0.05) is 12.7 Å². The smallest absolute Gasteiger partial charge is 0.337 e. The molecule has 0 fully saturated rings. The number of hydrogen-bond acceptors (Lipinski definition) is 4. The molecule has 1 heterocycles. The fourth-order valence-corrected chi connectivity index (χ4v) is 1.75. The van der Waals surface area contributed by atoms with Crippen LogP contribution in [-0.4, -0.2) is 28.5 Å². The van der Waals surface area contributed by atoms with Crippen molar-refractivity contribution in [3.8, 4) is 0 Å². The molecule has 0 aliphatic heterocycles. The van der Waals surface area contributed by atoms with E-state index in [1.165, 1.54) is 18.5 Å². The topological polar surface area (TPSA) is 105 Å². The quantitative estimate of drug-likeness (QED) is 0.719. The van der Waals surface area contributed by atoms with Crippen molar-refractivity contribution in [1.29, 1.82) is 0 Å². The van der Waals surface area contributed by atoms with E-state index in [4.69, 9.17) is 10.8 Å². The summed E-state index contributed by atoms with van der Waals surface area (Å²) in [6.07, 6.45) is 3.33. The van der Waals surface area contributed by atoms with E-state index in [1.54, 1.807) is 0 Å². The van der Waals surface area contributed by atoms with Crippen molar-refractivity contribution in [2.45, 2.75) is 20.3 Å². The van der Waals surface area contributed by atoms with E-state index in [-0.39, 0.29) is 23.9 Å². The molecular weight excluding hydrogens is 246 g/mol. The molecule has 1 aromatic heterocycles. The summed E-state index contributed by atoms with van der Waals surface area (Å²) in [5.41, 5.74) is 5.98. The zero-order valence-corrected chi connectivity index (χ0v) is 11.1. The molecular formula is C13H19N3O3. The van der Waals surface area contributed by atoms with Crippen LogP contribution in [0, 0.1) is 11.8 Å². The van der Waals surface area contributed by atoms with E-state index in [9.17, 15) is 9.59 Å². The summed E-state index contributed by atoms with van der Waals surface area (Å²) in [7, 11) is 0. The highest BCUT2D eigenvalue weighted by atomic mass is 16.4. The Kier molecular flexibility index (Phi) is 5.44. The molecule has 0 spiro atoms. The summed E-state index contributed by atoms with van der Waals surface area (Å²) in [4.78, 5) is 26.6. The number of carboxylic acid groups (broad SMARTS) is 1. The number of carbonyl (C=O) groups is 2. The molecule has 6 nitrogen and oxygen atoms in total. The first-order chi connectivity index (χ1) is 8.93. The van der Waals surface area contributed by atoms with Crippen LogP contribution in [0.5, 0.6) is 0 Å². The number of carboxylic acids is 1. The van der Waals surface area contributed by atoms with Crippen molar-refractivity contribution in [1.82, 2.24) is 4.98 Å². The average molecular weight is 265 g/mol. The molecule has 1 amide bonds. The number of amides is 1. The molecule has 1 unspecified atom stereocenters. The van der Waals surface area contributed by atoms with Gasteiger partial charge in [0.25, 0.3) is 0 Å². The molecule has 4 N–H and O–H groups in total. The van der Waals surface area contributed by atoms with Crippen molar-refractivity contribution >= 4 is 17.6 Å². The Balaban J connectivity index is 2.75. The highest BCUT2D eigenvalue weighted by Gasteiger charge is 2.18. The molecule has 1 aromatic rings. The number of anilines is 1. The predicted octanol–water partition coefficient (Wildman–Crippen LogP) is 1.34. The van der Waals surface area contributed by atoms with Gasteiger partial charge in [-0.3, -0.25) is 9.78 Å². The SMILES string of the molecule is CC(C)CC(CN)C(=O)Nc1cncc(C(=O)O)c1. The van der Waals surface area contributed by atoms with Crippen LogP contribution in [0.4, 0.5) is 5.69 Å². The number of nitrogens with zero attached hydrogens (tertiary/aromatic N) is 1. The Hall–Kier alpha value is -1.95. The van der Waals surface area contributed by atoms with Crippen molar-refractivity contribution in [2.24, 2.45) is 17.6 Å². The number of aromatic carboxylic acids is 1. The van der Waals surface area contributed by atoms with E-state index in [0.29, 0.717) is 18.0 Å². The van der Waals surface area contributed by atoms with E-state index >= 15 is 0 Å². The standard InChI is InChI=1S/C13H19N3O3/c1-8(2)3-9(5-14)12(17)16-11-4-10(13(18)19)6-15-7-11/h4,6-9H,3,5,14H2,1-2H3,(H,16,17)(H,18,19). The molecule has 0 saturated heterocycles. The number of nitrogens with one attached hydrogen (secondary N) is 1. The summed E-state index contributed by atoms with van der Waals surface area (Å²) in [5.74, 6) is -1.21. The third-order valence-corrected chi connectivity index (χ3v) is 2.66. The van der Waals surface area contributed by atoms with Gasteiger partial charge in [-0.2, -0.15) is 0 Å². The van der Waals surface area contributed by atoms with Crippen molar-refractivity contribution in [2.75, 3.05) is 11.9 Å². The van der Waals surface area contributed by atoms with Crippen LogP contribution in [0.1, 0.15) is 30.6 Å². The Morgan fingerprint density at radius 1 is 1.42 bits per heavy atom. The molecule has 1 rings (SSSR count). The van der Waals surface area contributed by atoms with Crippen LogP contribution in [0.3, 0.4) is 0 Å². The molecule has 6 heteroatoms. The monoisotopic (exact) mass is 265 g/mol. The van der Waals surface area contributed by atoms with Gasteiger partial charge in [-0.1, -0.05) is 13.8 Å². The van der Waals surface area contributed by atoms with Crippen molar-refractivity contribution < 1.29 is 14.7 Å². The number of carbonyl (C=O) groups excluding carboxylic acids is 1. The van der Waals surface area contributed by atoms with E-state index in [2.05, 4.69) is 10.3 Å². The van der Waals surface area contributed by atoms with Crippen LogP contribution in [0.2, 0.25) is 0 Å². The maximum atomic E-state index is 12.0. The number of hydrogen-bond donors (Lipinski definition) is 3. The zero-order valence-electron chi connectivity index (χ0n) is 11.1. The van der Waals surface area contributed by atoms with E-state index in [0.717, 1.165) is 0 Å². The first kappa shape index (κ1) is 15.1. The summed E-state index contributed by atoms with van der Waals surface area (Å²) in [5, 5.41) is 11.5. The van der Waals surface area contributed by atoms with Crippen LogP contribution in [-0.2, 0) is 4.79 Å². The number of rotatable bonds is 6. The van der Waals surface area contributed by atoms with Crippen molar-refractivity contribution in [3.05, 3.63) is 24.0 Å². The third-order valence-electron chi connectivity index (χ3n) is 2.66. The second-order valence-electron chi connectivity index (χ2n) is 4.82. The van der Waals surface area contributed by atoms with Gasteiger partial charge in [0.2, 0.25) is 5.91 Å². The van der Waals surface area contributed by atoms with Crippen molar-refractivity contribution in [3.63, 3.8) is 0 Å². The zero-order chi connectivity index (χ0) is 14.4. The molecule has 0 saturated carbocycles. The number of nitrogens with two attached hydrogens (primary N) is 1. The fourth-order valence-electron chi connectivity index (χ4n) is 1.75. The number of aromatic nitrogens is 1. The third kappa shape index (κ3) is 4.67. The Morgan fingerprint density at radius 3 is 2.63 bits per heavy atom. The molecule has 104 valence electrons. The van der Waals surface area contributed by atoms with Crippen LogP contribution >= 0.6 is 0 Å². The van der Waals surface area contributed by atoms with Gasteiger partial charge < -0.3 is 16.2 Å². The van der Waals surface area contributed by atoms with Crippen LogP contribution in [0.25, 0.3) is 0 Å². The Bertz CT molecular complexity index is 460. The summed E-state index contributed by atoms with van der Waals surface area (Å²) in [6.45, 7) is 4.29. The summed E-state index contributed by atoms with van der Waals surface area (Å²) < 4.78 is 0. The highest BCUT2D eigenvalue weighted by molar-refractivity contribution is 5.94. The first-order valence-electron chi connectivity index (χ1n) is 6.13. The summed E-state index contributed by atoms with van der Waals surface area (Å²) >= 11 is 0. The summed E-state index contributed by atoms with van der Waals surface area (Å²) in [6, 6.07) is 1.37. The second-order valence-corrected chi connectivity index (χ2v) is 4.82. The largest absolute Gasteiger partial charge is 0.478 e. The lowest BCUT2D eigenvalue weighted by Crippen LogP contribution is -2.30. The number of pyridine rings is 1. The van der Waals surface area contributed by atoms with Gasteiger partial charge in [-0.25, -0.2) is 4.79 Å². The normalized spacial score (nSPS) is 12.2. The van der Waals surface area contributed by atoms with Gasteiger partial charge in [0.05, 0.1) is 23.4 Å². The second kappa shape index (κ2) is 6.84. The minimum absolute atomic E-state index is 0.0333. The Morgan fingerprint density at radius 2 is 2.11 bits per heavy atom. The molecule has 0 radical (unpaired) electrons. The van der Waals surface area contributed by atoms with Gasteiger partial charge >= 0.3 is 5.97 Å². The predicted molar refractivity (Wildman–Crippen MR) is 71.8 cm³/mol. The lowest BCUT2D eigenvalue weighted by molar-refractivity contribution is -0.120. The highest BCUT2D eigenvalue weighted by Crippen LogP contribution is 2.14. The van der Waals surface area contributed by atoms with E-state index in [1.807, 2.05) is 13.8 Å². The maximum Gasteiger partial charge on any atom is 0.337 e. The van der Waals surface area contributed by atoms with Gasteiger partial charge in [-0.05, 0) is 18.4 Å². The minimum Gasteiger partial charge on any atom is -0.478 e. The maximum absolute atomic E-state index is 12.0. The lowest BCUT2D eigenvalue weighted by atomic mass is 9.96. The molecule has 0 aromatic carbocycles. The average Bonchev–Trinajstić information content (AvgIpc) is 2.35. The van der Waals surface area contributed by atoms with Crippen LogP contribution < -0.4 is 11.1 Å². The minimum atomic E-state index is -1.08. The molecule has 19 heavy (non-hydrogen) atoms. The van der Waals surface area contributed by atoms with E-state index < -0.39 is 5.97 Å².